The van der Waals surface area contributed by atoms with Gasteiger partial charge in [-0.05, 0) is 55.2 Å². The Labute approximate surface area is 252 Å². The van der Waals surface area contributed by atoms with Crippen molar-refractivity contribution in [3.63, 3.8) is 0 Å². The van der Waals surface area contributed by atoms with Crippen LogP contribution in [0.2, 0.25) is 10.0 Å². The quantitative estimate of drug-likeness (QED) is 0.269. The molecule has 1 fully saturated rings. The van der Waals surface area contributed by atoms with Crippen molar-refractivity contribution in [1.29, 1.82) is 0 Å². The Morgan fingerprint density at radius 2 is 1.49 bits per heavy atom. The molecule has 3 aromatic rings. The molecule has 218 valence electrons. The van der Waals surface area contributed by atoms with Crippen molar-refractivity contribution < 1.29 is 18.0 Å². The topological polar surface area (TPSA) is 86.8 Å². The average Bonchev–Trinajstić information content (AvgIpc) is 2.96. The van der Waals surface area contributed by atoms with Crippen LogP contribution in [-0.4, -0.2) is 43.8 Å². The van der Waals surface area contributed by atoms with Crippen LogP contribution in [-0.2, 0) is 26.2 Å². The lowest BCUT2D eigenvalue weighted by atomic mass is 9.95. The minimum absolute atomic E-state index is 0.0144. The number of benzene rings is 3. The second kappa shape index (κ2) is 14.2. The van der Waals surface area contributed by atoms with E-state index in [2.05, 4.69) is 5.32 Å². The zero-order chi connectivity index (χ0) is 29.4. The first-order valence-electron chi connectivity index (χ1n) is 13.9. The Morgan fingerprint density at radius 1 is 0.902 bits per heavy atom. The van der Waals surface area contributed by atoms with Gasteiger partial charge in [-0.15, -0.1) is 0 Å². The van der Waals surface area contributed by atoms with Crippen molar-refractivity contribution in [2.45, 2.75) is 69.0 Å². The van der Waals surface area contributed by atoms with Gasteiger partial charge in [0.2, 0.25) is 11.8 Å². The molecular weight excluding hydrogens is 581 g/mol. The summed E-state index contributed by atoms with van der Waals surface area (Å²) in [6.07, 6.45) is 5.46. The summed E-state index contributed by atoms with van der Waals surface area (Å²) in [5.41, 5.74) is 0.979. The molecule has 1 unspecified atom stereocenters. The lowest BCUT2D eigenvalue weighted by Crippen LogP contribution is -2.54. The summed E-state index contributed by atoms with van der Waals surface area (Å²) in [7, 11) is -4.20. The fourth-order valence-corrected chi connectivity index (χ4v) is 7.11. The molecule has 0 radical (unpaired) electrons. The molecule has 1 atom stereocenters. The van der Waals surface area contributed by atoms with E-state index < -0.39 is 28.5 Å². The molecule has 0 aromatic heterocycles. The van der Waals surface area contributed by atoms with Crippen LogP contribution in [0, 0.1) is 0 Å². The first kappa shape index (κ1) is 30.9. The molecule has 41 heavy (non-hydrogen) atoms. The van der Waals surface area contributed by atoms with Crippen LogP contribution < -0.4 is 9.62 Å². The Bertz CT molecular complexity index is 1410. The molecule has 3 aromatic carbocycles. The predicted octanol–water partition coefficient (Wildman–Crippen LogP) is 6.45. The molecule has 2 amide bonds. The highest BCUT2D eigenvalue weighted by Crippen LogP contribution is 2.30. The Hall–Kier alpha value is -3.07. The number of sulfonamides is 1. The zero-order valence-electron chi connectivity index (χ0n) is 23.0. The number of nitrogens with zero attached hydrogens (tertiary/aromatic N) is 2. The third kappa shape index (κ3) is 8.03. The average molecular weight is 617 g/mol. The molecule has 0 aliphatic heterocycles. The van der Waals surface area contributed by atoms with E-state index in [4.69, 9.17) is 23.2 Å². The fraction of sp³-hybridized carbons (Fsp3) is 0.355. The van der Waals surface area contributed by atoms with E-state index in [0.717, 1.165) is 42.0 Å². The molecule has 0 heterocycles. The van der Waals surface area contributed by atoms with Gasteiger partial charge >= 0.3 is 0 Å². The van der Waals surface area contributed by atoms with Crippen LogP contribution in [0.25, 0.3) is 0 Å². The molecule has 0 spiro atoms. The minimum atomic E-state index is -4.20. The third-order valence-electron chi connectivity index (χ3n) is 7.28. The number of hydrogen-bond acceptors (Lipinski definition) is 4. The van der Waals surface area contributed by atoms with Crippen LogP contribution in [0.3, 0.4) is 0 Å². The summed E-state index contributed by atoms with van der Waals surface area (Å²) in [6.45, 7) is 1.45. The lowest BCUT2D eigenvalue weighted by molar-refractivity contribution is -0.140. The van der Waals surface area contributed by atoms with Gasteiger partial charge in [0.15, 0.2) is 0 Å². The molecule has 1 saturated carbocycles. The smallest absolute Gasteiger partial charge is 0.264 e. The molecule has 7 nitrogen and oxygen atoms in total. The van der Waals surface area contributed by atoms with Gasteiger partial charge in [-0.25, -0.2) is 8.42 Å². The Balaban J connectivity index is 1.71. The summed E-state index contributed by atoms with van der Waals surface area (Å²) in [5, 5.41) is 3.61. The van der Waals surface area contributed by atoms with Gasteiger partial charge in [0.05, 0.1) is 10.6 Å². The van der Waals surface area contributed by atoms with E-state index in [9.17, 15) is 18.0 Å². The van der Waals surface area contributed by atoms with Gasteiger partial charge in [0.1, 0.15) is 12.6 Å². The highest BCUT2D eigenvalue weighted by atomic mass is 35.5. The summed E-state index contributed by atoms with van der Waals surface area (Å²) >= 11 is 12.5. The summed E-state index contributed by atoms with van der Waals surface area (Å²) in [4.78, 5) is 29.2. The zero-order valence-corrected chi connectivity index (χ0v) is 25.3. The maximum Gasteiger partial charge on any atom is 0.264 e. The number of nitrogens with one attached hydrogen (secondary N) is 1. The monoisotopic (exact) mass is 615 g/mol. The van der Waals surface area contributed by atoms with Crippen LogP contribution in [0.15, 0.2) is 83.8 Å². The van der Waals surface area contributed by atoms with E-state index in [-0.39, 0.29) is 39.1 Å². The fourth-order valence-electron chi connectivity index (χ4n) is 5.18. The molecule has 4 rings (SSSR count). The standard InChI is InChI=1S/C31H35Cl2N3O4S/c1-2-29(31(38)34-26-14-8-4-9-15-26)35(21-23-12-6-3-7-13-23)30(37)22-36(27-19-24(32)18-25(33)20-27)41(39,40)28-16-10-5-11-17-28/h3,5-7,10-13,16-20,26,29H,2,4,8-9,14-15,21-22H2,1H3,(H,34,38). The first-order chi connectivity index (χ1) is 19.7. The second-order valence-electron chi connectivity index (χ2n) is 10.2. The number of carbonyl (C=O) groups is 2. The summed E-state index contributed by atoms with van der Waals surface area (Å²) in [6, 6.07) is 20.9. The molecule has 1 aliphatic rings. The molecule has 1 N–H and O–H groups in total. The second-order valence-corrected chi connectivity index (χ2v) is 13.0. The Kier molecular flexibility index (Phi) is 10.7. The number of hydrogen-bond donors (Lipinski definition) is 1. The van der Waals surface area contributed by atoms with Gasteiger partial charge in [-0.2, -0.15) is 0 Å². The number of carbonyl (C=O) groups excluding carboxylic acids is 2. The number of halogens is 2. The van der Waals surface area contributed by atoms with E-state index in [1.807, 2.05) is 37.3 Å². The maximum absolute atomic E-state index is 14.2. The van der Waals surface area contributed by atoms with Crippen molar-refractivity contribution in [2.24, 2.45) is 0 Å². The van der Waals surface area contributed by atoms with Gasteiger partial charge in [-0.1, -0.05) is 97.9 Å². The highest BCUT2D eigenvalue weighted by molar-refractivity contribution is 7.92. The number of anilines is 1. The van der Waals surface area contributed by atoms with Crippen molar-refractivity contribution in [2.75, 3.05) is 10.8 Å². The molecule has 10 heteroatoms. The SMILES string of the molecule is CCC(C(=O)NC1CCCCC1)N(Cc1ccccc1)C(=O)CN(c1cc(Cl)cc(Cl)c1)S(=O)(=O)c1ccccc1. The van der Waals surface area contributed by atoms with Crippen LogP contribution in [0.4, 0.5) is 5.69 Å². The summed E-state index contributed by atoms with van der Waals surface area (Å²) < 4.78 is 28.8. The van der Waals surface area contributed by atoms with Crippen LogP contribution in [0.1, 0.15) is 51.0 Å². The van der Waals surface area contributed by atoms with Crippen molar-refractivity contribution in [3.05, 3.63) is 94.5 Å². The third-order valence-corrected chi connectivity index (χ3v) is 9.50. The molecule has 0 saturated heterocycles. The number of amides is 2. The van der Waals surface area contributed by atoms with Crippen molar-refractivity contribution in [3.8, 4) is 0 Å². The largest absolute Gasteiger partial charge is 0.352 e. The normalized spacial score (nSPS) is 14.7. The van der Waals surface area contributed by atoms with Crippen molar-refractivity contribution in [1.82, 2.24) is 10.2 Å². The molecule has 0 bridgehead atoms. The van der Waals surface area contributed by atoms with E-state index >= 15 is 0 Å². The summed E-state index contributed by atoms with van der Waals surface area (Å²) in [5.74, 6) is -0.748. The first-order valence-corrected chi connectivity index (χ1v) is 16.1. The van der Waals surface area contributed by atoms with Crippen molar-refractivity contribution >= 4 is 50.7 Å². The molecular formula is C31H35Cl2N3O4S. The lowest BCUT2D eigenvalue weighted by Gasteiger charge is -2.34. The van der Waals surface area contributed by atoms with Gasteiger partial charge in [0.25, 0.3) is 10.0 Å². The van der Waals surface area contributed by atoms with Crippen LogP contribution >= 0.6 is 23.2 Å². The minimum Gasteiger partial charge on any atom is -0.352 e. The highest BCUT2D eigenvalue weighted by Gasteiger charge is 2.34. The predicted molar refractivity (Wildman–Crippen MR) is 164 cm³/mol. The van der Waals surface area contributed by atoms with Gasteiger partial charge in [0, 0.05) is 22.6 Å². The Morgan fingerprint density at radius 3 is 2.07 bits per heavy atom. The van der Waals surface area contributed by atoms with E-state index in [1.165, 1.54) is 35.2 Å². The van der Waals surface area contributed by atoms with E-state index in [0.29, 0.717) is 6.42 Å². The number of rotatable bonds is 11. The maximum atomic E-state index is 14.2. The van der Waals surface area contributed by atoms with Gasteiger partial charge in [-0.3, -0.25) is 13.9 Å². The van der Waals surface area contributed by atoms with Gasteiger partial charge < -0.3 is 10.2 Å². The molecule has 1 aliphatic carbocycles. The van der Waals surface area contributed by atoms with Crippen LogP contribution in [0.5, 0.6) is 0 Å². The van der Waals surface area contributed by atoms with E-state index in [1.54, 1.807) is 18.2 Å².